The Labute approximate surface area is 118 Å². The van der Waals surface area contributed by atoms with E-state index in [1.807, 2.05) is 0 Å². The van der Waals surface area contributed by atoms with E-state index in [0.29, 0.717) is 11.4 Å². The molecule has 1 heterocycles. The van der Waals surface area contributed by atoms with E-state index in [1.165, 1.54) is 23.6 Å². The molecule has 0 aliphatic heterocycles. The molecule has 0 spiro atoms. The number of thiazole rings is 1. The molecule has 0 saturated carbocycles. The molecule has 0 bridgehead atoms. The first kappa shape index (κ1) is 14.3. The summed E-state index contributed by atoms with van der Waals surface area (Å²) in [7, 11) is -3.85. The fourth-order valence-corrected chi connectivity index (χ4v) is 3.24. The van der Waals surface area contributed by atoms with Crippen molar-refractivity contribution in [2.75, 3.05) is 5.73 Å². The highest BCUT2D eigenvalue weighted by atomic mass is 32.2. The Morgan fingerprint density at radius 2 is 2.20 bits per heavy atom. The zero-order valence-electron chi connectivity index (χ0n) is 10.1. The van der Waals surface area contributed by atoms with Gasteiger partial charge in [-0.2, -0.15) is 5.26 Å². The van der Waals surface area contributed by atoms with Crippen LogP contribution in [0.3, 0.4) is 0 Å². The van der Waals surface area contributed by atoms with Gasteiger partial charge in [0.25, 0.3) is 0 Å². The molecule has 1 aromatic carbocycles. The third-order valence-electron chi connectivity index (χ3n) is 2.44. The van der Waals surface area contributed by atoms with Gasteiger partial charge in [-0.05, 0) is 18.2 Å². The van der Waals surface area contributed by atoms with E-state index in [4.69, 9.17) is 11.0 Å². The van der Waals surface area contributed by atoms with E-state index in [2.05, 4.69) is 9.71 Å². The first-order chi connectivity index (χ1) is 9.42. The summed E-state index contributed by atoms with van der Waals surface area (Å²) < 4.78 is 26.5. The van der Waals surface area contributed by atoms with Crippen molar-refractivity contribution in [3.8, 4) is 6.07 Å². The number of nitrogen functional groups attached to an aromatic ring is 1. The number of nitrogens with zero attached hydrogens (tertiary/aromatic N) is 1. The maximum atomic E-state index is 12.1. The lowest BCUT2D eigenvalue weighted by Crippen LogP contribution is -2.24. The number of rotatable bonds is 4. The number of H-pyrrole nitrogens is 1. The SMILES string of the molecule is N#Cc1cc(N)ccc1S(=O)(=O)NCc1csc(=O)[nH]1. The van der Waals surface area contributed by atoms with Crippen LogP contribution in [0.4, 0.5) is 5.69 Å². The first-order valence-corrected chi connectivity index (χ1v) is 7.74. The summed E-state index contributed by atoms with van der Waals surface area (Å²) >= 11 is 0.946. The fraction of sp³-hybridized carbons (Fsp3) is 0.0909. The number of nitrogens with two attached hydrogens (primary N) is 1. The largest absolute Gasteiger partial charge is 0.399 e. The van der Waals surface area contributed by atoms with Crippen LogP contribution in [0.5, 0.6) is 0 Å². The van der Waals surface area contributed by atoms with E-state index in [0.717, 1.165) is 11.3 Å². The maximum Gasteiger partial charge on any atom is 0.304 e. The van der Waals surface area contributed by atoms with Crippen LogP contribution in [0, 0.1) is 11.3 Å². The molecule has 1 aromatic heterocycles. The highest BCUT2D eigenvalue weighted by Crippen LogP contribution is 2.18. The number of sulfonamides is 1. The molecule has 0 saturated heterocycles. The van der Waals surface area contributed by atoms with Crippen LogP contribution in [0.2, 0.25) is 0 Å². The average molecular weight is 310 g/mol. The second-order valence-corrected chi connectivity index (χ2v) is 6.44. The molecule has 2 rings (SSSR count). The minimum Gasteiger partial charge on any atom is -0.399 e. The van der Waals surface area contributed by atoms with Gasteiger partial charge in [0.15, 0.2) is 0 Å². The number of hydrogen-bond donors (Lipinski definition) is 3. The standard InChI is InChI=1S/C11H10N4O3S2/c12-4-7-3-8(13)1-2-10(7)20(17,18)14-5-9-6-19-11(16)15-9/h1-3,6,14H,5,13H2,(H,15,16). The number of aromatic amines is 1. The third-order valence-corrected chi connectivity index (χ3v) is 4.61. The normalized spacial score (nSPS) is 11.2. The van der Waals surface area contributed by atoms with Gasteiger partial charge >= 0.3 is 4.87 Å². The Morgan fingerprint density at radius 3 is 2.80 bits per heavy atom. The van der Waals surface area contributed by atoms with Crippen molar-refractivity contribution in [2.24, 2.45) is 0 Å². The monoisotopic (exact) mass is 310 g/mol. The summed E-state index contributed by atoms with van der Waals surface area (Å²) in [5.41, 5.74) is 6.24. The maximum absolute atomic E-state index is 12.1. The number of aromatic nitrogens is 1. The number of nitriles is 1. The van der Waals surface area contributed by atoms with E-state index in [-0.39, 0.29) is 21.9 Å². The molecule has 4 N–H and O–H groups in total. The van der Waals surface area contributed by atoms with Crippen LogP contribution in [-0.4, -0.2) is 13.4 Å². The van der Waals surface area contributed by atoms with Gasteiger partial charge in [0.05, 0.1) is 17.0 Å². The number of nitrogens with one attached hydrogen (secondary N) is 2. The van der Waals surface area contributed by atoms with Gasteiger partial charge in [0.2, 0.25) is 10.0 Å². The minimum absolute atomic E-state index is 0.0312. The highest BCUT2D eigenvalue weighted by molar-refractivity contribution is 7.89. The minimum atomic E-state index is -3.85. The molecule has 0 radical (unpaired) electrons. The second-order valence-electron chi connectivity index (χ2n) is 3.87. The zero-order chi connectivity index (χ0) is 14.8. The Morgan fingerprint density at radius 1 is 1.45 bits per heavy atom. The first-order valence-electron chi connectivity index (χ1n) is 5.38. The van der Waals surface area contributed by atoms with Crippen LogP contribution in [0.1, 0.15) is 11.3 Å². The third kappa shape index (κ3) is 3.05. The van der Waals surface area contributed by atoms with E-state index in [1.54, 1.807) is 6.07 Å². The van der Waals surface area contributed by atoms with Crippen molar-refractivity contribution in [2.45, 2.75) is 11.4 Å². The van der Waals surface area contributed by atoms with Gasteiger partial charge in [0.1, 0.15) is 6.07 Å². The molecule has 104 valence electrons. The molecule has 9 heteroatoms. The Hall–Kier alpha value is -2.15. The molecule has 0 aliphatic rings. The summed E-state index contributed by atoms with van der Waals surface area (Å²) in [6, 6.07) is 5.76. The van der Waals surface area contributed by atoms with Crippen LogP contribution in [0.15, 0.2) is 33.3 Å². The predicted octanol–water partition coefficient (Wildman–Crippen LogP) is 0.369. The lowest BCUT2D eigenvalue weighted by Gasteiger charge is -2.07. The fourth-order valence-electron chi connectivity index (χ4n) is 1.52. The lowest BCUT2D eigenvalue weighted by molar-refractivity contribution is 0.580. The molecule has 7 nitrogen and oxygen atoms in total. The number of benzene rings is 1. The van der Waals surface area contributed by atoms with E-state index in [9.17, 15) is 13.2 Å². The molecular formula is C11H10N4O3S2. The molecule has 20 heavy (non-hydrogen) atoms. The van der Waals surface area contributed by atoms with E-state index >= 15 is 0 Å². The Bertz CT molecular complexity index is 830. The Balaban J connectivity index is 2.27. The van der Waals surface area contributed by atoms with Crippen LogP contribution in [-0.2, 0) is 16.6 Å². The van der Waals surface area contributed by atoms with Crippen molar-refractivity contribution in [3.05, 3.63) is 44.5 Å². The van der Waals surface area contributed by atoms with Crippen LogP contribution >= 0.6 is 11.3 Å². The van der Waals surface area contributed by atoms with Gasteiger partial charge in [-0.25, -0.2) is 13.1 Å². The molecule has 0 atom stereocenters. The van der Waals surface area contributed by atoms with E-state index < -0.39 is 10.0 Å². The summed E-state index contributed by atoms with van der Waals surface area (Å²) in [4.78, 5) is 13.0. The van der Waals surface area contributed by atoms with Crippen molar-refractivity contribution in [3.63, 3.8) is 0 Å². The van der Waals surface area contributed by atoms with Crippen LogP contribution < -0.4 is 15.3 Å². The number of anilines is 1. The van der Waals surface area contributed by atoms with Gasteiger partial charge in [0, 0.05) is 16.8 Å². The Kier molecular flexibility index (Phi) is 3.89. The zero-order valence-corrected chi connectivity index (χ0v) is 11.7. The summed E-state index contributed by atoms with van der Waals surface area (Å²) in [6.07, 6.45) is 0. The van der Waals surface area contributed by atoms with Gasteiger partial charge < -0.3 is 10.7 Å². The van der Waals surface area contributed by atoms with Crippen molar-refractivity contribution in [1.29, 1.82) is 5.26 Å². The summed E-state index contributed by atoms with van der Waals surface area (Å²) in [5.74, 6) is 0. The summed E-state index contributed by atoms with van der Waals surface area (Å²) in [6.45, 7) is -0.0592. The quantitative estimate of drug-likeness (QED) is 0.703. The van der Waals surface area contributed by atoms with Crippen molar-refractivity contribution < 1.29 is 8.42 Å². The average Bonchev–Trinajstić information content (AvgIpc) is 2.82. The molecule has 0 fully saturated rings. The van der Waals surface area contributed by atoms with Gasteiger partial charge in [-0.3, -0.25) is 4.79 Å². The number of hydrogen-bond acceptors (Lipinski definition) is 6. The summed E-state index contributed by atoms with van der Waals surface area (Å²) in [5, 5.41) is 10.5. The molecule has 0 unspecified atom stereocenters. The predicted molar refractivity (Wildman–Crippen MR) is 74.5 cm³/mol. The van der Waals surface area contributed by atoms with Crippen LogP contribution in [0.25, 0.3) is 0 Å². The topological polar surface area (TPSA) is 129 Å². The molecular weight excluding hydrogens is 300 g/mol. The molecule has 0 aliphatic carbocycles. The van der Waals surface area contributed by atoms with Crippen molar-refractivity contribution >= 4 is 27.0 Å². The van der Waals surface area contributed by atoms with Gasteiger partial charge in [-0.1, -0.05) is 11.3 Å². The smallest absolute Gasteiger partial charge is 0.304 e. The molecule has 2 aromatic rings. The second kappa shape index (κ2) is 5.46. The van der Waals surface area contributed by atoms with Gasteiger partial charge in [-0.15, -0.1) is 0 Å². The van der Waals surface area contributed by atoms with Crippen molar-refractivity contribution in [1.82, 2.24) is 9.71 Å². The lowest BCUT2D eigenvalue weighted by atomic mass is 10.2. The molecule has 0 amide bonds. The highest BCUT2D eigenvalue weighted by Gasteiger charge is 2.18.